The molecule has 0 aliphatic heterocycles. The highest BCUT2D eigenvalue weighted by atomic mass is 16.5. The molecule has 84 valence electrons. The molecule has 0 aromatic heterocycles. The van der Waals surface area contributed by atoms with Crippen LogP contribution in [-0.4, -0.2) is 25.9 Å². The van der Waals surface area contributed by atoms with Gasteiger partial charge in [-0.2, -0.15) is 0 Å². The molecule has 0 spiro atoms. The summed E-state index contributed by atoms with van der Waals surface area (Å²) >= 11 is 0. The van der Waals surface area contributed by atoms with Gasteiger partial charge in [0.2, 0.25) is 0 Å². The van der Waals surface area contributed by atoms with Gasteiger partial charge >= 0.3 is 0 Å². The van der Waals surface area contributed by atoms with Gasteiger partial charge in [0.05, 0.1) is 12.7 Å². The molecule has 0 N–H and O–H groups in total. The van der Waals surface area contributed by atoms with Crippen molar-refractivity contribution in [2.75, 3.05) is 19.8 Å². The minimum atomic E-state index is 0.347. The van der Waals surface area contributed by atoms with Crippen LogP contribution in [0.25, 0.3) is 0 Å². The summed E-state index contributed by atoms with van der Waals surface area (Å²) in [6, 6.07) is 0. The minimum Gasteiger partial charge on any atom is -0.379 e. The van der Waals surface area contributed by atoms with Crippen LogP contribution in [0.1, 0.15) is 46.0 Å². The van der Waals surface area contributed by atoms with Gasteiger partial charge in [-0.1, -0.05) is 19.3 Å². The van der Waals surface area contributed by atoms with Crippen molar-refractivity contribution < 1.29 is 9.47 Å². The monoisotopic (exact) mass is 200 g/mol. The Morgan fingerprint density at radius 2 is 1.79 bits per heavy atom. The number of ether oxygens (including phenoxy) is 2. The Morgan fingerprint density at radius 1 is 1.07 bits per heavy atom. The molecule has 2 nitrogen and oxygen atoms in total. The lowest BCUT2D eigenvalue weighted by atomic mass is 9.85. The maximum absolute atomic E-state index is 5.76. The van der Waals surface area contributed by atoms with Crippen LogP contribution in [0.2, 0.25) is 0 Å². The first-order valence-corrected chi connectivity index (χ1v) is 6.07. The molecular formula is C12H24O2. The largest absolute Gasteiger partial charge is 0.379 e. The first kappa shape index (κ1) is 12.0. The molecule has 1 unspecified atom stereocenters. The SMILES string of the molecule is CCOCC(OCC)C1CCCCC1. The van der Waals surface area contributed by atoms with E-state index in [-0.39, 0.29) is 0 Å². The molecule has 0 heterocycles. The van der Waals surface area contributed by atoms with E-state index in [0.717, 1.165) is 25.7 Å². The van der Waals surface area contributed by atoms with E-state index in [1.54, 1.807) is 0 Å². The molecule has 0 aromatic rings. The van der Waals surface area contributed by atoms with Crippen molar-refractivity contribution in [3.63, 3.8) is 0 Å². The van der Waals surface area contributed by atoms with Gasteiger partial charge in [0.1, 0.15) is 0 Å². The maximum Gasteiger partial charge on any atom is 0.0836 e. The van der Waals surface area contributed by atoms with Crippen LogP contribution in [0.3, 0.4) is 0 Å². The third-order valence-corrected chi connectivity index (χ3v) is 3.04. The summed E-state index contributed by atoms with van der Waals surface area (Å²) in [6.07, 6.45) is 7.17. The summed E-state index contributed by atoms with van der Waals surface area (Å²) in [5, 5.41) is 0. The number of hydrogen-bond acceptors (Lipinski definition) is 2. The molecular weight excluding hydrogens is 176 g/mol. The van der Waals surface area contributed by atoms with Crippen LogP contribution < -0.4 is 0 Å². The van der Waals surface area contributed by atoms with Crippen molar-refractivity contribution in [1.29, 1.82) is 0 Å². The van der Waals surface area contributed by atoms with Crippen molar-refractivity contribution in [2.45, 2.75) is 52.1 Å². The van der Waals surface area contributed by atoms with E-state index in [2.05, 4.69) is 6.92 Å². The lowest BCUT2D eigenvalue weighted by Crippen LogP contribution is -2.30. The molecule has 0 bridgehead atoms. The Morgan fingerprint density at radius 3 is 2.36 bits per heavy atom. The molecule has 0 amide bonds. The van der Waals surface area contributed by atoms with Gasteiger partial charge in [0.15, 0.2) is 0 Å². The van der Waals surface area contributed by atoms with Gasteiger partial charge in [0, 0.05) is 13.2 Å². The fourth-order valence-electron chi connectivity index (χ4n) is 2.27. The van der Waals surface area contributed by atoms with Gasteiger partial charge in [-0.3, -0.25) is 0 Å². The van der Waals surface area contributed by atoms with Crippen LogP contribution in [0, 0.1) is 5.92 Å². The van der Waals surface area contributed by atoms with Crippen molar-refractivity contribution in [3.8, 4) is 0 Å². The highest BCUT2D eigenvalue weighted by molar-refractivity contribution is 4.74. The molecule has 0 saturated heterocycles. The highest BCUT2D eigenvalue weighted by Crippen LogP contribution is 2.28. The molecule has 1 atom stereocenters. The summed E-state index contributed by atoms with van der Waals surface area (Å²) < 4.78 is 11.2. The van der Waals surface area contributed by atoms with Gasteiger partial charge in [-0.25, -0.2) is 0 Å². The molecule has 1 aliphatic carbocycles. The number of hydrogen-bond donors (Lipinski definition) is 0. The average Bonchev–Trinajstić information content (AvgIpc) is 2.25. The fraction of sp³-hybridized carbons (Fsp3) is 1.00. The van der Waals surface area contributed by atoms with Crippen LogP contribution in [0.15, 0.2) is 0 Å². The molecule has 1 fully saturated rings. The van der Waals surface area contributed by atoms with Crippen LogP contribution in [-0.2, 0) is 9.47 Å². The van der Waals surface area contributed by atoms with Crippen LogP contribution in [0.5, 0.6) is 0 Å². The molecule has 1 rings (SSSR count). The van der Waals surface area contributed by atoms with E-state index in [9.17, 15) is 0 Å². The topological polar surface area (TPSA) is 18.5 Å². The highest BCUT2D eigenvalue weighted by Gasteiger charge is 2.23. The second-order valence-electron chi connectivity index (χ2n) is 4.05. The first-order valence-electron chi connectivity index (χ1n) is 6.07. The first-order chi connectivity index (χ1) is 6.88. The van der Waals surface area contributed by atoms with Crippen LogP contribution in [0.4, 0.5) is 0 Å². The van der Waals surface area contributed by atoms with E-state index in [0.29, 0.717) is 6.10 Å². The zero-order valence-corrected chi connectivity index (χ0v) is 9.63. The van der Waals surface area contributed by atoms with Gasteiger partial charge in [0.25, 0.3) is 0 Å². The fourth-order valence-corrected chi connectivity index (χ4v) is 2.27. The Labute approximate surface area is 88.0 Å². The summed E-state index contributed by atoms with van der Waals surface area (Å²) in [4.78, 5) is 0. The van der Waals surface area contributed by atoms with Gasteiger partial charge < -0.3 is 9.47 Å². The van der Waals surface area contributed by atoms with Gasteiger partial charge in [-0.05, 0) is 32.6 Å². The minimum absolute atomic E-state index is 0.347. The molecule has 14 heavy (non-hydrogen) atoms. The second kappa shape index (κ2) is 7.24. The zero-order chi connectivity index (χ0) is 10.2. The van der Waals surface area contributed by atoms with E-state index >= 15 is 0 Å². The second-order valence-corrected chi connectivity index (χ2v) is 4.05. The standard InChI is InChI=1S/C12H24O2/c1-3-13-10-12(14-4-2)11-8-6-5-7-9-11/h11-12H,3-10H2,1-2H3. The quantitative estimate of drug-likeness (QED) is 0.656. The van der Waals surface area contributed by atoms with E-state index in [1.807, 2.05) is 6.92 Å². The average molecular weight is 200 g/mol. The third-order valence-electron chi connectivity index (χ3n) is 3.04. The van der Waals surface area contributed by atoms with E-state index in [4.69, 9.17) is 9.47 Å². The Hall–Kier alpha value is -0.0800. The predicted octanol–water partition coefficient (Wildman–Crippen LogP) is 3.01. The van der Waals surface area contributed by atoms with E-state index < -0.39 is 0 Å². The Balaban J connectivity index is 2.30. The van der Waals surface area contributed by atoms with Gasteiger partial charge in [-0.15, -0.1) is 0 Å². The normalized spacial score (nSPS) is 21.0. The molecule has 0 aromatic carbocycles. The third kappa shape index (κ3) is 3.97. The smallest absolute Gasteiger partial charge is 0.0836 e. The Bertz CT molecular complexity index is 130. The van der Waals surface area contributed by atoms with Crippen LogP contribution >= 0.6 is 0 Å². The molecule has 0 radical (unpaired) electrons. The van der Waals surface area contributed by atoms with E-state index in [1.165, 1.54) is 32.1 Å². The molecule has 1 aliphatic rings. The summed E-state index contributed by atoms with van der Waals surface area (Å²) in [5.74, 6) is 0.746. The zero-order valence-electron chi connectivity index (χ0n) is 9.63. The van der Waals surface area contributed by atoms with Crippen molar-refractivity contribution >= 4 is 0 Å². The summed E-state index contributed by atoms with van der Waals surface area (Å²) in [6.45, 7) is 6.52. The lowest BCUT2D eigenvalue weighted by molar-refractivity contribution is -0.0476. The summed E-state index contributed by atoms with van der Waals surface area (Å²) in [5.41, 5.74) is 0. The summed E-state index contributed by atoms with van der Waals surface area (Å²) in [7, 11) is 0. The van der Waals surface area contributed by atoms with Crippen molar-refractivity contribution in [3.05, 3.63) is 0 Å². The van der Waals surface area contributed by atoms with Crippen molar-refractivity contribution in [1.82, 2.24) is 0 Å². The molecule has 1 saturated carbocycles. The predicted molar refractivity (Wildman–Crippen MR) is 58.5 cm³/mol. The molecule has 2 heteroatoms. The Kier molecular flexibility index (Phi) is 6.20. The van der Waals surface area contributed by atoms with Crippen molar-refractivity contribution in [2.24, 2.45) is 5.92 Å². The number of rotatable bonds is 6. The lowest BCUT2D eigenvalue weighted by Gasteiger charge is -2.29. The maximum atomic E-state index is 5.76.